The van der Waals surface area contributed by atoms with Crippen LogP contribution in [0.4, 0.5) is 0 Å². The topological polar surface area (TPSA) is 83.8 Å². The second kappa shape index (κ2) is 35.5. The van der Waals surface area contributed by atoms with Crippen molar-refractivity contribution in [1.82, 2.24) is 24.9 Å². The first-order valence-corrected chi connectivity index (χ1v) is 40.9. The molecule has 8 aromatic carbocycles. The first kappa shape index (κ1) is 83.8. The van der Waals surface area contributed by atoms with E-state index in [1.807, 2.05) is 37.1 Å². The molecular weight excluding hydrogens is 1390 g/mol. The maximum atomic E-state index is 4.85. The Morgan fingerprint density at radius 3 is 1.03 bits per heavy atom. The Kier molecular flexibility index (Phi) is 26.1. The molecule has 0 radical (unpaired) electrons. The van der Waals surface area contributed by atoms with E-state index in [0.29, 0.717) is 23.7 Å². The van der Waals surface area contributed by atoms with Gasteiger partial charge in [0.05, 0.1) is 16.7 Å². The highest BCUT2D eigenvalue weighted by Gasteiger charge is 2.25. The average Bonchev–Trinajstić information content (AvgIpc) is 0.782. The van der Waals surface area contributed by atoms with E-state index in [2.05, 4.69) is 379 Å². The molecule has 0 bridgehead atoms. The highest BCUT2D eigenvalue weighted by molar-refractivity contribution is 5.80. The maximum absolute atomic E-state index is 4.85. The lowest BCUT2D eigenvalue weighted by atomic mass is 9.97. The van der Waals surface area contributed by atoms with Crippen molar-refractivity contribution in [1.29, 1.82) is 0 Å². The lowest BCUT2D eigenvalue weighted by Gasteiger charge is -2.11. The van der Waals surface area contributed by atoms with Crippen molar-refractivity contribution in [2.45, 2.75) is 184 Å². The predicted octanol–water partition coefficient (Wildman–Crippen LogP) is 22.9. The Morgan fingerprint density at radius 1 is 0.272 bits per heavy atom. The minimum Gasteiger partial charge on any atom is -0.250 e. The summed E-state index contributed by atoms with van der Waals surface area (Å²) in [5, 5.41) is 0. The molecule has 0 atom stereocenters. The zero-order valence-corrected chi connectivity index (χ0v) is 73.6. The molecule has 0 N–H and O–H groups in total. The molecule has 7 aromatic heterocycles. The summed E-state index contributed by atoms with van der Waals surface area (Å²) < 4.78 is 11.3. The van der Waals surface area contributed by atoms with Crippen molar-refractivity contribution >= 4 is 55.2 Å². The fraction of sp³-hybridized carbons (Fsp3) is 0.327. The van der Waals surface area contributed by atoms with Crippen LogP contribution in [-0.2, 0) is 48.1 Å². The van der Waals surface area contributed by atoms with Gasteiger partial charge in [-0.1, -0.05) is 138 Å². The molecule has 0 fully saturated rings. The number of hydrogen-bond acceptors (Lipinski definition) is 5. The van der Waals surface area contributed by atoms with Gasteiger partial charge in [-0.2, -0.15) is 22.8 Å². The summed E-state index contributed by atoms with van der Waals surface area (Å²) >= 11 is 0. The molecule has 0 saturated heterocycles. The number of nitrogens with zero attached hydrogens (tertiary/aromatic N) is 10. The van der Waals surface area contributed by atoms with Crippen molar-refractivity contribution in [2.24, 2.45) is 47.1 Å². The van der Waals surface area contributed by atoms with Crippen LogP contribution < -0.4 is 22.8 Å². The lowest BCUT2D eigenvalue weighted by molar-refractivity contribution is -0.634. The van der Waals surface area contributed by atoms with Gasteiger partial charge >= 0.3 is 0 Å². The van der Waals surface area contributed by atoms with Crippen LogP contribution in [0.2, 0.25) is 0 Å². The van der Waals surface area contributed by atoms with Gasteiger partial charge in [0.25, 0.3) is 0 Å². The summed E-state index contributed by atoms with van der Waals surface area (Å²) in [6.07, 6.45) is 12.0. The highest BCUT2D eigenvalue weighted by atomic mass is 15.0. The first-order chi connectivity index (χ1) is 54.1. The maximum Gasteiger partial charge on any atom is 0.231 e. The summed E-state index contributed by atoms with van der Waals surface area (Å²) in [5.41, 5.74) is 48.8. The molecule has 0 aliphatic carbocycles. The number of rotatable bonds is 11. The quantitative estimate of drug-likeness (QED) is 0.121. The number of para-hydroxylation sites is 1. The van der Waals surface area contributed by atoms with Gasteiger partial charge in [0.2, 0.25) is 56.1 Å². The van der Waals surface area contributed by atoms with E-state index < -0.39 is 0 Å². The van der Waals surface area contributed by atoms with Crippen LogP contribution in [0.3, 0.4) is 0 Å². The number of aryl methyl sites for hydroxylation is 15. The molecule has 584 valence electrons. The standard InChI is InChI=1S/2C22H27N2.2C21H25N2.C18H19N2/c1-14(2)9-18-7-8-20-21(12-18)24(6)22(13-23-20)19-11-15(3)10-16(4)17(19)5;1-14(2)10-18-8-7-9-20-22(18)23-13-21(24(20)6)19-12-15(3)11-16(4)17(19)5;1-13(2)17-11-21-19(22-12-17)7-8-20(23(21)6)18-10-14(3)9-15(4)16(18)5;1-13(2)17-7-8-19-20(11-17)23(6)21(12-22-19)18-10-14(3)9-15(4)16(18)5;1-12-10-13(2)14(3)15(11-12)17-8-7-16-18(20(17)4)6-5-9-19-16/h7-8,10-14H,9H2,1-6H3;7-9,11-14H,10H2,1-6H3;2*7-13H,1-6H3;5-11H,1-4H3/q5*+1. The van der Waals surface area contributed by atoms with Crippen molar-refractivity contribution in [3.63, 3.8) is 0 Å². The largest absolute Gasteiger partial charge is 0.250 e. The van der Waals surface area contributed by atoms with Crippen molar-refractivity contribution < 1.29 is 22.8 Å². The SMILES string of the molecule is Cc1cc(C)c(C)c(-c2ccc3ncc(C(C)C)cc3[n+]2C)c1.Cc1cc(C)c(C)c(-c2ccc3ncccc3[n+]2C)c1.Cc1cc(C)c(C)c(-c2cnc3c(CC(C)C)cccc3[n+]2C)c1.Cc1cc(C)c(C)c(-c2cnc3ccc(C(C)C)cc3[n+]2C)c1.Cc1cc(C)c(C)c(-c2cnc3ccc(CC(C)C)cc3[n+]2C)c1. The van der Waals surface area contributed by atoms with Gasteiger partial charge in [-0.3, -0.25) is 0 Å². The van der Waals surface area contributed by atoms with E-state index in [1.54, 1.807) is 0 Å². The first-order valence-electron chi connectivity index (χ1n) is 40.9. The minimum atomic E-state index is 0.485. The van der Waals surface area contributed by atoms with E-state index in [-0.39, 0.29) is 0 Å². The smallest absolute Gasteiger partial charge is 0.231 e. The third-order valence-corrected chi connectivity index (χ3v) is 23.3. The molecule has 114 heavy (non-hydrogen) atoms. The van der Waals surface area contributed by atoms with Crippen molar-refractivity contribution in [3.8, 4) is 56.3 Å². The van der Waals surface area contributed by atoms with Gasteiger partial charge in [0.15, 0.2) is 0 Å². The summed E-state index contributed by atoms with van der Waals surface area (Å²) in [7, 11) is 10.7. The summed E-state index contributed by atoms with van der Waals surface area (Å²) in [5.74, 6) is 2.29. The van der Waals surface area contributed by atoms with Gasteiger partial charge in [-0.25, -0.2) is 24.9 Å². The van der Waals surface area contributed by atoms with E-state index in [1.165, 1.54) is 184 Å². The van der Waals surface area contributed by atoms with Gasteiger partial charge in [-0.05, 0) is 279 Å². The molecule has 15 rings (SSSR count). The normalized spacial score (nSPS) is 11.4. The van der Waals surface area contributed by atoms with E-state index in [4.69, 9.17) is 15.0 Å². The minimum absolute atomic E-state index is 0.485. The van der Waals surface area contributed by atoms with Crippen LogP contribution in [0.15, 0.2) is 189 Å². The van der Waals surface area contributed by atoms with Crippen LogP contribution in [0.5, 0.6) is 0 Å². The number of hydrogen-bond donors (Lipinski definition) is 0. The number of pyridine rings is 4. The van der Waals surface area contributed by atoms with Gasteiger partial charge in [-0.15, -0.1) is 0 Å². The molecule has 0 saturated carbocycles. The Hall–Kier alpha value is -11.1. The fourth-order valence-electron chi connectivity index (χ4n) is 16.1. The molecule has 0 spiro atoms. The number of fused-ring (bicyclic) bond motifs is 5. The Bertz CT molecular complexity index is 5910. The van der Waals surface area contributed by atoms with Crippen molar-refractivity contribution in [2.75, 3.05) is 0 Å². The average molecular weight is 1510 g/mol. The van der Waals surface area contributed by atoms with Gasteiger partial charge in [0, 0.05) is 66.0 Å². The second-order valence-corrected chi connectivity index (χ2v) is 33.9. The fourth-order valence-corrected chi connectivity index (χ4v) is 16.1. The molecule has 0 aliphatic rings. The lowest BCUT2D eigenvalue weighted by Crippen LogP contribution is -2.33. The summed E-state index contributed by atoms with van der Waals surface area (Å²) in [6, 6.07) is 57.3. The molecule has 10 heteroatoms. The van der Waals surface area contributed by atoms with E-state index in [0.717, 1.165) is 45.9 Å². The second-order valence-electron chi connectivity index (χ2n) is 33.9. The molecule has 0 aliphatic heterocycles. The Morgan fingerprint density at radius 2 is 0.605 bits per heavy atom. The van der Waals surface area contributed by atoms with Crippen LogP contribution in [0.1, 0.15) is 173 Å². The molecule has 7 heterocycles. The predicted molar refractivity (Wildman–Crippen MR) is 478 cm³/mol. The van der Waals surface area contributed by atoms with Crippen LogP contribution >= 0.6 is 0 Å². The summed E-state index contributed by atoms with van der Waals surface area (Å²) in [4.78, 5) is 23.3. The van der Waals surface area contributed by atoms with E-state index >= 15 is 0 Å². The molecular formula is C104H123N10+5. The van der Waals surface area contributed by atoms with E-state index in [9.17, 15) is 0 Å². The molecule has 0 unspecified atom stereocenters. The molecule has 10 nitrogen and oxygen atoms in total. The van der Waals surface area contributed by atoms with Crippen molar-refractivity contribution in [3.05, 3.63) is 294 Å². The highest BCUT2D eigenvalue weighted by Crippen LogP contribution is 2.33. The van der Waals surface area contributed by atoms with Gasteiger partial charge < -0.3 is 0 Å². The van der Waals surface area contributed by atoms with Crippen LogP contribution in [0, 0.1) is 116 Å². The van der Waals surface area contributed by atoms with Crippen LogP contribution in [-0.4, -0.2) is 24.9 Å². The monoisotopic (exact) mass is 1510 g/mol. The van der Waals surface area contributed by atoms with Crippen LogP contribution in [0.25, 0.3) is 111 Å². The number of aromatic nitrogens is 10. The summed E-state index contributed by atoms with van der Waals surface area (Å²) in [6.45, 7) is 50.6. The van der Waals surface area contributed by atoms with Gasteiger partial charge in [0.1, 0.15) is 81.4 Å². The zero-order valence-electron chi connectivity index (χ0n) is 73.6. The zero-order chi connectivity index (χ0) is 82.6. The Labute approximate surface area is 680 Å². The Balaban J connectivity index is 0.000000141. The number of benzene rings is 8. The molecule has 0 amide bonds. The third kappa shape index (κ3) is 18.4. The molecule has 15 aromatic rings. The third-order valence-electron chi connectivity index (χ3n) is 23.3.